The quantitative estimate of drug-likeness (QED) is 0.778. The van der Waals surface area contributed by atoms with E-state index in [4.69, 9.17) is 17.3 Å². The molecule has 2 N–H and O–H groups in total. The lowest BCUT2D eigenvalue weighted by atomic mass is 10.1. The summed E-state index contributed by atoms with van der Waals surface area (Å²) in [6, 6.07) is 5.40. The lowest BCUT2D eigenvalue weighted by Gasteiger charge is -2.03. The van der Waals surface area contributed by atoms with E-state index in [1.54, 1.807) is 24.7 Å². The highest BCUT2D eigenvalue weighted by Gasteiger charge is 2.03. The van der Waals surface area contributed by atoms with Crippen molar-refractivity contribution in [2.75, 3.05) is 5.73 Å². The average molecular weight is 206 g/mol. The largest absolute Gasteiger partial charge is 0.384 e. The summed E-state index contributed by atoms with van der Waals surface area (Å²) in [5.41, 5.74) is 7.27. The number of hydrogen-bond donors (Lipinski definition) is 1. The van der Waals surface area contributed by atoms with Crippen LogP contribution in [-0.4, -0.2) is 9.97 Å². The molecule has 3 nitrogen and oxygen atoms in total. The van der Waals surface area contributed by atoms with Crippen molar-refractivity contribution in [3.05, 3.63) is 41.8 Å². The molecule has 0 atom stereocenters. The molecule has 2 aromatic rings. The Balaban J connectivity index is 2.53. The zero-order valence-corrected chi connectivity index (χ0v) is 8.07. The maximum atomic E-state index is 6.02. The fourth-order valence-corrected chi connectivity index (χ4v) is 1.45. The minimum Gasteiger partial charge on any atom is -0.384 e. The molecule has 0 fully saturated rings. The van der Waals surface area contributed by atoms with Gasteiger partial charge in [-0.3, -0.25) is 4.98 Å². The number of anilines is 1. The highest BCUT2D eigenvalue weighted by molar-refractivity contribution is 6.33. The molecular weight excluding hydrogens is 198 g/mol. The van der Waals surface area contributed by atoms with Gasteiger partial charge in [0.05, 0.1) is 5.02 Å². The summed E-state index contributed by atoms with van der Waals surface area (Å²) >= 11 is 6.02. The van der Waals surface area contributed by atoms with E-state index in [2.05, 4.69) is 9.97 Å². The second-order valence-corrected chi connectivity index (χ2v) is 3.24. The van der Waals surface area contributed by atoms with Crippen LogP contribution in [0, 0.1) is 0 Å². The number of nitrogens with two attached hydrogens (primary N) is 1. The van der Waals surface area contributed by atoms with Gasteiger partial charge >= 0.3 is 0 Å². The maximum absolute atomic E-state index is 6.02. The van der Waals surface area contributed by atoms with E-state index >= 15 is 0 Å². The fourth-order valence-electron chi connectivity index (χ4n) is 1.18. The van der Waals surface area contributed by atoms with E-state index in [0.717, 1.165) is 11.1 Å². The molecule has 0 aliphatic heterocycles. The van der Waals surface area contributed by atoms with Gasteiger partial charge < -0.3 is 5.73 Å². The monoisotopic (exact) mass is 205 g/mol. The third-order valence-corrected chi connectivity index (χ3v) is 2.16. The van der Waals surface area contributed by atoms with Crippen LogP contribution in [0.2, 0.25) is 5.02 Å². The Hall–Kier alpha value is -1.61. The molecule has 0 aliphatic rings. The number of aromatic nitrogens is 2. The van der Waals surface area contributed by atoms with E-state index in [-0.39, 0.29) is 0 Å². The van der Waals surface area contributed by atoms with Crippen LogP contribution in [0.15, 0.2) is 36.8 Å². The highest BCUT2D eigenvalue weighted by Crippen LogP contribution is 2.27. The Morgan fingerprint density at radius 2 is 2.14 bits per heavy atom. The number of rotatable bonds is 1. The summed E-state index contributed by atoms with van der Waals surface area (Å²) in [5, 5.41) is 0.588. The zero-order valence-electron chi connectivity index (χ0n) is 7.31. The normalized spacial score (nSPS) is 10.1. The van der Waals surface area contributed by atoms with Crippen molar-refractivity contribution in [2.45, 2.75) is 0 Å². The average Bonchev–Trinajstić information content (AvgIpc) is 2.19. The van der Waals surface area contributed by atoms with Gasteiger partial charge in [-0.25, -0.2) is 4.98 Å². The highest BCUT2D eigenvalue weighted by atomic mass is 35.5. The summed E-state index contributed by atoms with van der Waals surface area (Å²) in [5.74, 6) is 0.419. The van der Waals surface area contributed by atoms with Crippen LogP contribution in [0.3, 0.4) is 0 Å². The van der Waals surface area contributed by atoms with E-state index in [1.165, 1.54) is 0 Å². The molecule has 70 valence electrons. The van der Waals surface area contributed by atoms with Gasteiger partial charge in [-0.2, -0.15) is 0 Å². The number of pyridine rings is 2. The SMILES string of the molecule is Nc1cc(Cl)c(-c2cccnc2)cn1. The van der Waals surface area contributed by atoms with Crippen molar-refractivity contribution >= 4 is 17.4 Å². The molecule has 2 aromatic heterocycles. The van der Waals surface area contributed by atoms with E-state index in [0.29, 0.717) is 10.8 Å². The third-order valence-electron chi connectivity index (χ3n) is 1.85. The van der Waals surface area contributed by atoms with Crippen molar-refractivity contribution in [2.24, 2.45) is 0 Å². The smallest absolute Gasteiger partial charge is 0.124 e. The van der Waals surface area contributed by atoms with E-state index in [9.17, 15) is 0 Å². The maximum Gasteiger partial charge on any atom is 0.124 e. The summed E-state index contributed by atoms with van der Waals surface area (Å²) < 4.78 is 0. The van der Waals surface area contributed by atoms with Gasteiger partial charge in [-0.15, -0.1) is 0 Å². The number of nitrogen functional groups attached to an aromatic ring is 1. The van der Waals surface area contributed by atoms with Crippen LogP contribution in [-0.2, 0) is 0 Å². The van der Waals surface area contributed by atoms with E-state index in [1.807, 2.05) is 12.1 Å². The van der Waals surface area contributed by atoms with Gasteiger partial charge in [-0.05, 0) is 12.1 Å². The topological polar surface area (TPSA) is 51.8 Å². The van der Waals surface area contributed by atoms with Crippen LogP contribution in [0.5, 0.6) is 0 Å². The molecule has 2 rings (SSSR count). The summed E-state index contributed by atoms with van der Waals surface area (Å²) in [7, 11) is 0. The predicted octanol–water partition coefficient (Wildman–Crippen LogP) is 2.38. The molecule has 0 aliphatic carbocycles. The lowest BCUT2D eigenvalue weighted by Crippen LogP contribution is -1.90. The van der Waals surface area contributed by atoms with Gasteiger partial charge in [0, 0.05) is 29.7 Å². The second-order valence-electron chi connectivity index (χ2n) is 2.83. The lowest BCUT2D eigenvalue weighted by molar-refractivity contribution is 1.30. The second kappa shape index (κ2) is 3.64. The van der Waals surface area contributed by atoms with Crippen molar-refractivity contribution in [3.63, 3.8) is 0 Å². The Bertz CT molecular complexity index is 442. The Kier molecular flexibility index (Phi) is 2.33. The molecule has 0 radical (unpaired) electrons. The summed E-state index contributed by atoms with van der Waals surface area (Å²) in [4.78, 5) is 7.99. The van der Waals surface area contributed by atoms with Gasteiger partial charge in [-0.1, -0.05) is 17.7 Å². The Morgan fingerprint density at radius 1 is 1.29 bits per heavy atom. The molecule has 0 spiro atoms. The first-order valence-electron chi connectivity index (χ1n) is 4.09. The molecule has 14 heavy (non-hydrogen) atoms. The van der Waals surface area contributed by atoms with Crippen LogP contribution in [0.25, 0.3) is 11.1 Å². The summed E-state index contributed by atoms with van der Waals surface area (Å²) in [6.45, 7) is 0. The minimum atomic E-state index is 0.419. The molecule has 0 saturated heterocycles. The molecule has 0 unspecified atom stereocenters. The first kappa shape index (κ1) is 8.97. The Morgan fingerprint density at radius 3 is 2.79 bits per heavy atom. The molecule has 4 heteroatoms. The Labute approximate surface area is 86.6 Å². The summed E-state index contributed by atoms with van der Waals surface area (Å²) in [6.07, 6.45) is 5.09. The van der Waals surface area contributed by atoms with Gasteiger partial charge in [0.1, 0.15) is 5.82 Å². The predicted molar refractivity (Wildman–Crippen MR) is 56.9 cm³/mol. The fraction of sp³-hybridized carbons (Fsp3) is 0. The van der Waals surface area contributed by atoms with Crippen molar-refractivity contribution < 1.29 is 0 Å². The minimum absolute atomic E-state index is 0.419. The van der Waals surface area contributed by atoms with Crippen LogP contribution in [0.4, 0.5) is 5.82 Å². The zero-order chi connectivity index (χ0) is 9.97. The standard InChI is InChI=1S/C10H8ClN3/c11-9-4-10(12)14-6-8(9)7-2-1-3-13-5-7/h1-6H,(H2,12,14). The van der Waals surface area contributed by atoms with Crippen molar-refractivity contribution in [1.29, 1.82) is 0 Å². The molecule has 0 bridgehead atoms. The van der Waals surface area contributed by atoms with Gasteiger partial charge in [0.25, 0.3) is 0 Å². The molecular formula is C10H8ClN3. The first-order chi connectivity index (χ1) is 6.77. The van der Waals surface area contributed by atoms with Gasteiger partial charge in [0.2, 0.25) is 0 Å². The van der Waals surface area contributed by atoms with Crippen LogP contribution < -0.4 is 5.73 Å². The third kappa shape index (κ3) is 1.67. The molecule has 0 aromatic carbocycles. The molecule has 2 heterocycles. The van der Waals surface area contributed by atoms with Crippen molar-refractivity contribution in [1.82, 2.24) is 9.97 Å². The number of halogens is 1. The van der Waals surface area contributed by atoms with E-state index < -0.39 is 0 Å². The van der Waals surface area contributed by atoms with Gasteiger partial charge in [0.15, 0.2) is 0 Å². The number of hydrogen-bond acceptors (Lipinski definition) is 3. The first-order valence-corrected chi connectivity index (χ1v) is 4.46. The molecule has 0 saturated carbocycles. The van der Waals surface area contributed by atoms with Crippen LogP contribution in [0.1, 0.15) is 0 Å². The molecule has 0 amide bonds. The number of nitrogens with zero attached hydrogens (tertiary/aromatic N) is 2. The van der Waals surface area contributed by atoms with Crippen LogP contribution >= 0.6 is 11.6 Å². The van der Waals surface area contributed by atoms with Crippen molar-refractivity contribution in [3.8, 4) is 11.1 Å².